The number of hydrogen-bond donors (Lipinski definition) is 2. The van der Waals surface area contributed by atoms with E-state index in [1.54, 1.807) is 4.68 Å². The first kappa shape index (κ1) is 21.3. The summed E-state index contributed by atoms with van der Waals surface area (Å²) in [5.41, 5.74) is 2.85. The number of carbonyl (C=O) groups is 1. The van der Waals surface area contributed by atoms with Gasteiger partial charge in [0.05, 0.1) is 0 Å². The van der Waals surface area contributed by atoms with E-state index >= 15 is 0 Å². The molecule has 2 aromatic carbocycles. The van der Waals surface area contributed by atoms with Gasteiger partial charge >= 0.3 is 109 Å². The molecule has 0 bridgehead atoms. The Hall–Kier alpha value is -2.92. The molecule has 4 aromatic rings. The van der Waals surface area contributed by atoms with Gasteiger partial charge in [0.2, 0.25) is 0 Å². The van der Waals surface area contributed by atoms with Gasteiger partial charge in [0.25, 0.3) is 5.91 Å². The number of aromatic nitrogens is 5. The van der Waals surface area contributed by atoms with Gasteiger partial charge in [-0.1, -0.05) is 30.3 Å². The third-order valence-electron chi connectivity index (χ3n) is 5.22. The Morgan fingerprint density at radius 1 is 1.06 bits per heavy atom. The summed E-state index contributed by atoms with van der Waals surface area (Å²) in [6.45, 7) is 1.11. The summed E-state index contributed by atoms with van der Waals surface area (Å²) in [4.78, 5) is 19.9. The van der Waals surface area contributed by atoms with Gasteiger partial charge < -0.3 is 5.32 Å². The Labute approximate surface area is 190 Å². The number of hydrogen-bond acceptors (Lipinski definition) is 4. The van der Waals surface area contributed by atoms with E-state index in [1.807, 2.05) is 54.9 Å². The number of fused-ring (bicyclic) bond motifs is 1. The normalized spacial score (nSPS) is 11.1. The Morgan fingerprint density at radius 2 is 1.90 bits per heavy atom. The van der Waals surface area contributed by atoms with Crippen molar-refractivity contribution in [3.63, 3.8) is 0 Å². The van der Waals surface area contributed by atoms with Crippen molar-refractivity contribution in [1.82, 2.24) is 30.3 Å². The molecule has 1 amide bonds. The van der Waals surface area contributed by atoms with Crippen molar-refractivity contribution >= 4 is 38.1 Å². The van der Waals surface area contributed by atoms with E-state index in [0.717, 1.165) is 53.2 Å². The molecule has 7 nitrogen and oxygen atoms in total. The van der Waals surface area contributed by atoms with Crippen LogP contribution in [-0.4, -0.2) is 54.3 Å². The standard InChI is InChI=1S/C23H25AsN6O/c24-23-26-15-20(27-23)8-2-1-3-9-21-16-30(29-28-21)13-12-25-22(31)19-11-10-17-6-4-5-7-18(17)14-19/h4-7,10-11,14-16H,1-3,8-9,12-13H2,(H,25,31)(H,26,27). The van der Waals surface area contributed by atoms with Crippen LogP contribution >= 0.6 is 0 Å². The minimum Gasteiger partial charge on any atom is -0.0616 e. The van der Waals surface area contributed by atoms with Crippen molar-refractivity contribution in [2.75, 3.05) is 6.54 Å². The Bertz CT molecular complexity index is 1150. The Balaban J connectivity index is 1.16. The smallest absolute Gasteiger partial charge is 0.0399 e. The fourth-order valence-electron chi connectivity index (χ4n) is 3.55. The Morgan fingerprint density at radius 3 is 2.74 bits per heavy atom. The number of nitrogens with one attached hydrogen (secondary N) is 2. The summed E-state index contributed by atoms with van der Waals surface area (Å²) in [6, 6.07) is 13.8. The maximum atomic E-state index is 12.4. The molecule has 2 N–H and O–H groups in total. The van der Waals surface area contributed by atoms with Crippen LogP contribution in [0.1, 0.15) is 41.0 Å². The molecule has 0 saturated carbocycles. The number of aryl methyl sites for hydroxylation is 2. The molecule has 158 valence electrons. The second kappa shape index (κ2) is 10.4. The van der Waals surface area contributed by atoms with E-state index < -0.39 is 0 Å². The van der Waals surface area contributed by atoms with Crippen molar-refractivity contribution in [3.8, 4) is 0 Å². The molecule has 0 aliphatic heterocycles. The zero-order chi connectivity index (χ0) is 21.5. The van der Waals surface area contributed by atoms with Crippen LogP contribution in [0.4, 0.5) is 0 Å². The van der Waals surface area contributed by atoms with Crippen LogP contribution in [-0.2, 0) is 19.4 Å². The predicted octanol–water partition coefficient (Wildman–Crippen LogP) is 2.33. The first-order valence-electron chi connectivity index (χ1n) is 10.6. The van der Waals surface area contributed by atoms with E-state index in [-0.39, 0.29) is 5.91 Å². The van der Waals surface area contributed by atoms with Gasteiger partial charge in [0, 0.05) is 12.1 Å². The van der Waals surface area contributed by atoms with E-state index in [0.29, 0.717) is 18.7 Å². The molecule has 31 heavy (non-hydrogen) atoms. The molecule has 2 aromatic heterocycles. The number of unbranched alkanes of at least 4 members (excludes halogenated alkanes) is 2. The largest absolute Gasteiger partial charge is 0.0616 e. The molecule has 4 rings (SSSR count). The van der Waals surface area contributed by atoms with Crippen molar-refractivity contribution in [1.29, 1.82) is 0 Å². The second-order valence-electron chi connectivity index (χ2n) is 7.58. The van der Waals surface area contributed by atoms with Gasteiger partial charge in [0.1, 0.15) is 0 Å². The van der Waals surface area contributed by atoms with Crippen LogP contribution in [0.5, 0.6) is 0 Å². The van der Waals surface area contributed by atoms with Gasteiger partial charge in [0.15, 0.2) is 0 Å². The average molecular weight is 476 g/mol. The van der Waals surface area contributed by atoms with Crippen molar-refractivity contribution in [2.24, 2.45) is 0 Å². The van der Waals surface area contributed by atoms with Crippen LogP contribution < -0.4 is 9.93 Å². The first-order valence-corrected chi connectivity index (χ1v) is 11.5. The molecular weight excluding hydrogens is 451 g/mol. The quantitative estimate of drug-likeness (QED) is 0.272. The predicted molar refractivity (Wildman–Crippen MR) is 122 cm³/mol. The Kier molecular flexibility index (Phi) is 7.15. The fraction of sp³-hybridized carbons (Fsp3) is 0.304. The topological polar surface area (TPSA) is 88.5 Å². The van der Waals surface area contributed by atoms with Crippen molar-refractivity contribution < 1.29 is 4.79 Å². The van der Waals surface area contributed by atoms with Crippen molar-refractivity contribution in [2.45, 2.75) is 38.6 Å². The maximum absolute atomic E-state index is 12.4. The third kappa shape index (κ3) is 6.04. The molecule has 0 unspecified atom stereocenters. The summed E-state index contributed by atoms with van der Waals surface area (Å²) in [7, 11) is 0. The molecule has 0 aliphatic rings. The molecular formula is C23H25AsN6O. The zero-order valence-electron chi connectivity index (χ0n) is 17.3. The number of aromatic amines is 1. The van der Waals surface area contributed by atoms with Crippen LogP contribution in [0.3, 0.4) is 0 Å². The number of imidazole rings is 1. The van der Waals surface area contributed by atoms with Gasteiger partial charge in [-0.2, -0.15) is 0 Å². The third-order valence-corrected chi connectivity index (χ3v) is 5.70. The van der Waals surface area contributed by atoms with Crippen molar-refractivity contribution in [3.05, 3.63) is 71.8 Å². The summed E-state index contributed by atoms with van der Waals surface area (Å²) in [6.07, 6.45) is 9.17. The van der Waals surface area contributed by atoms with E-state index in [2.05, 4.69) is 42.4 Å². The summed E-state index contributed by atoms with van der Waals surface area (Å²) >= 11 is 2.42. The summed E-state index contributed by atoms with van der Waals surface area (Å²) < 4.78 is 2.70. The summed E-state index contributed by atoms with van der Waals surface area (Å²) in [5, 5.41) is 13.6. The number of benzene rings is 2. The van der Waals surface area contributed by atoms with Gasteiger partial charge in [-0.3, -0.25) is 4.79 Å². The number of nitrogens with zero attached hydrogens (tertiary/aromatic N) is 4. The van der Waals surface area contributed by atoms with E-state index in [9.17, 15) is 4.79 Å². The SMILES string of the molecule is O=C(NCCn1cc(CCCCCc2cnc([As])[nH]2)nn1)c1ccc2ccccc2c1. The molecule has 0 spiro atoms. The minimum atomic E-state index is -0.0718. The minimum absolute atomic E-state index is 0.0718. The second-order valence-corrected chi connectivity index (χ2v) is 8.47. The van der Waals surface area contributed by atoms with Gasteiger partial charge in [-0.25, -0.2) is 0 Å². The number of carbonyl (C=O) groups excluding carboxylic acids is 1. The summed E-state index contributed by atoms with van der Waals surface area (Å²) in [5.74, 6) is -0.0718. The molecule has 0 fully saturated rings. The van der Waals surface area contributed by atoms with E-state index in [4.69, 9.17) is 0 Å². The number of amides is 1. The van der Waals surface area contributed by atoms with Gasteiger partial charge in [-0.05, 0) is 22.9 Å². The maximum Gasteiger partial charge on any atom is 0.0399 e. The molecule has 0 aliphatic carbocycles. The zero-order valence-corrected chi connectivity index (χ0v) is 19.2. The molecule has 0 saturated heterocycles. The number of rotatable bonds is 10. The van der Waals surface area contributed by atoms with E-state index in [1.165, 1.54) is 5.69 Å². The monoisotopic (exact) mass is 476 g/mol. The fourth-order valence-corrected chi connectivity index (χ4v) is 3.97. The molecule has 2 heterocycles. The van der Waals surface area contributed by atoms with Crippen LogP contribution in [0.25, 0.3) is 10.8 Å². The van der Waals surface area contributed by atoms with Crippen LogP contribution in [0.2, 0.25) is 0 Å². The van der Waals surface area contributed by atoms with Crippen LogP contribution in [0.15, 0.2) is 54.9 Å². The molecule has 0 atom stereocenters. The van der Waals surface area contributed by atoms with Gasteiger partial charge in [-0.15, -0.1) is 0 Å². The number of H-pyrrole nitrogens is 1. The molecule has 2 radical (unpaired) electrons. The average Bonchev–Trinajstić information content (AvgIpc) is 3.41. The first-order chi connectivity index (χ1) is 15.2. The van der Waals surface area contributed by atoms with Crippen LogP contribution in [0, 0.1) is 0 Å². The molecule has 8 heteroatoms.